The lowest BCUT2D eigenvalue weighted by molar-refractivity contribution is -0.142. The van der Waals surface area contributed by atoms with E-state index >= 15 is 0 Å². The van der Waals surface area contributed by atoms with Crippen LogP contribution in [-0.2, 0) is 11.2 Å². The van der Waals surface area contributed by atoms with Crippen LogP contribution in [0.25, 0.3) is 11.3 Å². The van der Waals surface area contributed by atoms with Gasteiger partial charge in [-0.2, -0.15) is 0 Å². The van der Waals surface area contributed by atoms with Gasteiger partial charge in [0.25, 0.3) is 0 Å². The number of rotatable bonds is 4. The maximum absolute atomic E-state index is 13.2. The summed E-state index contributed by atoms with van der Waals surface area (Å²) in [6, 6.07) is 0. The Morgan fingerprint density at radius 1 is 1.21 bits per heavy atom. The van der Waals surface area contributed by atoms with Crippen LogP contribution in [0, 0.1) is 25.2 Å². The second-order valence-corrected chi connectivity index (χ2v) is 9.02. The molecule has 156 valence electrons. The minimum atomic E-state index is -0.213. The molecule has 1 unspecified atom stereocenters. The quantitative estimate of drug-likeness (QED) is 0.790. The number of hydrogen-bond donors (Lipinski definition) is 0. The molecular weight excluding hydrogens is 366 g/mol. The Kier molecular flexibility index (Phi) is 5.42. The van der Waals surface area contributed by atoms with Crippen LogP contribution in [0.5, 0.6) is 0 Å². The average Bonchev–Trinajstić information content (AvgIpc) is 3.31. The van der Waals surface area contributed by atoms with E-state index in [1.54, 1.807) is 12.4 Å². The van der Waals surface area contributed by atoms with Gasteiger partial charge in [-0.05, 0) is 65.6 Å². The number of carbonyl (C=O) groups excluding carboxylic acids is 1. The lowest BCUT2D eigenvalue weighted by Crippen LogP contribution is -2.47. The molecule has 2 aromatic rings. The highest BCUT2D eigenvalue weighted by molar-refractivity contribution is 5.82. The summed E-state index contributed by atoms with van der Waals surface area (Å²) in [5.41, 5.74) is 3.39. The first-order valence-electron chi connectivity index (χ1n) is 10.6. The van der Waals surface area contributed by atoms with Crippen molar-refractivity contribution in [3.8, 4) is 11.3 Å². The fraction of sp³-hybridized carbons (Fsp3) is 0.636. The summed E-state index contributed by atoms with van der Waals surface area (Å²) < 4.78 is 5.33. The Labute approximate surface area is 172 Å². The van der Waals surface area contributed by atoms with Gasteiger partial charge in [-0.3, -0.25) is 14.8 Å². The molecule has 2 aliphatic heterocycles. The highest BCUT2D eigenvalue weighted by atomic mass is 16.5. The predicted molar refractivity (Wildman–Crippen MR) is 110 cm³/mol. The first-order chi connectivity index (χ1) is 13.9. The molecule has 4 heterocycles. The average molecular weight is 398 g/mol. The maximum atomic E-state index is 13.2. The lowest BCUT2D eigenvalue weighted by atomic mass is 9.79. The van der Waals surface area contributed by atoms with Crippen molar-refractivity contribution in [1.82, 2.24) is 24.9 Å². The van der Waals surface area contributed by atoms with E-state index in [4.69, 9.17) is 4.52 Å². The number of hydrogen-bond acceptors (Lipinski definition) is 6. The van der Waals surface area contributed by atoms with Crippen LogP contribution in [-0.4, -0.2) is 64.1 Å². The molecule has 2 fully saturated rings. The Morgan fingerprint density at radius 2 is 1.93 bits per heavy atom. The van der Waals surface area contributed by atoms with Gasteiger partial charge in [0.1, 0.15) is 5.76 Å². The second kappa shape index (κ2) is 7.86. The van der Waals surface area contributed by atoms with E-state index in [9.17, 15) is 4.79 Å². The molecule has 1 atom stereocenters. The molecule has 1 amide bonds. The van der Waals surface area contributed by atoms with Crippen molar-refractivity contribution in [2.45, 2.75) is 46.5 Å². The van der Waals surface area contributed by atoms with Gasteiger partial charge in [-0.25, -0.2) is 0 Å². The van der Waals surface area contributed by atoms with Crippen molar-refractivity contribution in [2.24, 2.45) is 11.3 Å². The molecule has 4 rings (SSSR count). The SMILES string of the molecule is Cc1noc(C)c1-c1nccnc1CC1CCN(C(=O)C2(C)CCN(C)CC2)C1. The van der Waals surface area contributed by atoms with Crippen LogP contribution in [0.3, 0.4) is 0 Å². The van der Waals surface area contributed by atoms with Gasteiger partial charge in [0.05, 0.1) is 22.6 Å². The van der Waals surface area contributed by atoms with Gasteiger partial charge < -0.3 is 14.3 Å². The summed E-state index contributed by atoms with van der Waals surface area (Å²) in [5.74, 6) is 1.51. The first kappa shape index (κ1) is 20.0. The molecule has 0 spiro atoms. The van der Waals surface area contributed by atoms with Crippen molar-refractivity contribution in [2.75, 3.05) is 33.2 Å². The Balaban J connectivity index is 1.46. The van der Waals surface area contributed by atoms with Crippen LogP contribution in [0.4, 0.5) is 0 Å². The van der Waals surface area contributed by atoms with Gasteiger partial charge >= 0.3 is 0 Å². The van der Waals surface area contributed by atoms with Crippen molar-refractivity contribution < 1.29 is 9.32 Å². The molecule has 29 heavy (non-hydrogen) atoms. The first-order valence-corrected chi connectivity index (χ1v) is 10.6. The number of amides is 1. The van der Waals surface area contributed by atoms with E-state index < -0.39 is 0 Å². The molecule has 0 radical (unpaired) electrons. The van der Waals surface area contributed by atoms with Crippen molar-refractivity contribution in [3.05, 3.63) is 29.5 Å². The van der Waals surface area contributed by atoms with Gasteiger partial charge in [0.2, 0.25) is 5.91 Å². The van der Waals surface area contributed by atoms with Crippen molar-refractivity contribution >= 4 is 5.91 Å². The largest absolute Gasteiger partial charge is 0.361 e. The molecular formula is C22H31N5O2. The van der Waals surface area contributed by atoms with Crippen molar-refractivity contribution in [1.29, 1.82) is 0 Å². The van der Waals surface area contributed by atoms with Gasteiger partial charge in [-0.1, -0.05) is 12.1 Å². The fourth-order valence-corrected chi connectivity index (χ4v) is 4.71. The monoisotopic (exact) mass is 397 g/mol. The van der Waals surface area contributed by atoms with Crippen molar-refractivity contribution in [3.63, 3.8) is 0 Å². The van der Waals surface area contributed by atoms with E-state index in [1.165, 1.54) is 0 Å². The summed E-state index contributed by atoms with van der Waals surface area (Å²) in [5, 5.41) is 4.07. The molecule has 2 aliphatic rings. The summed E-state index contributed by atoms with van der Waals surface area (Å²) in [4.78, 5) is 26.8. The molecule has 0 aliphatic carbocycles. The predicted octanol–water partition coefficient (Wildman–Crippen LogP) is 2.87. The van der Waals surface area contributed by atoms with E-state index in [2.05, 4.69) is 38.9 Å². The summed E-state index contributed by atoms with van der Waals surface area (Å²) in [6.45, 7) is 9.64. The van der Waals surface area contributed by atoms with E-state index in [1.807, 2.05) is 13.8 Å². The smallest absolute Gasteiger partial charge is 0.228 e. The fourth-order valence-electron chi connectivity index (χ4n) is 4.71. The zero-order valence-corrected chi connectivity index (χ0v) is 17.9. The van der Waals surface area contributed by atoms with Gasteiger partial charge in [-0.15, -0.1) is 0 Å². The van der Waals surface area contributed by atoms with Crippen LogP contribution in [0.15, 0.2) is 16.9 Å². The standard InChI is InChI=1S/C22H31N5O2/c1-15-19(16(2)29-25-15)20-18(23-8-9-24-20)13-17-5-10-27(14-17)21(28)22(3)6-11-26(4)12-7-22/h8-9,17H,5-7,10-14H2,1-4H3. The molecule has 2 aromatic heterocycles. The second-order valence-electron chi connectivity index (χ2n) is 9.02. The summed E-state index contributed by atoms with van der Waals surface area (Å²) in [7, 11) is 2.13. The third-order valence-electron chi connectivity index (χ3n) is 6.71. The number of aromatic nitrogens is 3. The highest BCUT2D eigenvalue weighted by Gasteiger charge is 2.41. The minimum Gasteiger partial charge on any atom is -0.361 e. The molecule has 0 saturated carbocycles. The minimum absolute atomic E-state index is 0.213. The number of nitrogens with zero attached hydrogens (tertiary/aromatic N) is 5. The molecule has 0 N–H and O–H groups in total. The number of piperidine rings is 1. The van der Waals surface area contributed by atoms with Crippen LogP contribution in [0.1, 0.15) is 43.3 Å². The Morgan fingerprint density at radius 3 is 2.62 bits per heavy atom. The number of carbonyl (C=O) groups is 1. The van der Waals surface area contributed by atoms with Crippen LogP contribution < -0.4 is 0 Å². The van der Waals surface area contributed by atoms with Gasteiger partial charge in [0.15, 0.2) is 0 Å². The number of likely N-dealkylation sites (tertiary alicyclic amines) is 2. The topological polar surface area (TPSA) is 75.4 Å². The van der Waals surface area contributed by atoms with E-state index in [0.29, 0.717) is 11.8 Å². The Bertz CT molecular complexity index is 866. The van der Waals surface area contributed by atoms with E-state index in [-0.39, 0.29) is 5.41 Å². The summed E-state index contributed by atoms with van der Waals surface area (Å²) >= 11 is 0. The molecule has 7 nitrogen and oxygen atoms in total. The molecule has 0 bridgehead atoms. The van der Waals surface area contributed by atoms with Crippen LogP contribution >= 0.6 is 0 Å². The van der Waals surface area contributed by atoms with Gasteiger partial charge in [0, 0.05) is 30.9 Å². The molecule has 2 saturated heterocycles. The third-order valence-corrected chi connectivity index (χ3v) is 6.71. The molecule has 0 aromatic carbocycles. The zero-order valence-electron chi connectivity index (χ0n) is 17.9. The van der Waals surface area contributed by atoms with E-state index in [0.717, 1.165) is 80.3 Å². The Hall–Kier alpha value is -2.28. The zero-order chi connectivity index (χ0) is 20.6. The highest BCUT2D eigenvalue weighted by Crippen LogP contribution is 2.35. The summed E-state index contributed by atoms with van der Waals surface area (Å²) in [6.07, 6.45) is 7.19. The maximum Gasteiger partial charge on any atom is 0.228 e. The molecule has 7 heteroatoms. The normalized spacial score (nSPS) is 22.2. The third kappa shape index (κ3) is 3.92. The number of aryl methyl sites for hydroxylation is 2. The van der Waals surface area contributed by atoms with Crippen LogP contribution in [0.2, 0.25) is 0 Å². The lowest BCUT2D eigenvalue weighted by Gasteiger charge is -2.39.